The second-order valence-electron chi connectivity index (χ2n) is 4.32. The molecule has 0 fully saturated rings. The van der Waals surface area contributed by atoms with Gasteiger partial charge in [-0.2, -0.15) is 0 Å². The van der Waals surface area contributed by atoms with Crippen LogP contribution in [0.1, 0.15) is 31.0 Å². The Hall–Kier alpha value is -1.39. The van der Waals surface area contributed by atoms with E-state index in [1.165, 1.54) is 5.56 Å². The van der Waals surface area contributed by atoms with E-state index in [2.05, 4.69) is 53.4 Å². The van der Waals surface area contributed by atoms with Gasteiger partial charge < -0.3 is 5.32 Å². The maximum Gasteiger partial charge on any atom is 0.187 e. The van der Waals surface area contributed by atoms with Crippen molar-refractivity contribution in [3.8, 4) is 0 Å². The van der Waals surface area contributed by atoms with Crippen LogP contribution in [-0.4, -0.2) is 15.7 Å². The molecular formula is C15H19N3S. The van der Waals surface area contributed by atoms with Crippen LogP contribution in [0.4, 0.5) is 0 Å². The van der Waals surface area contributed by atoms with Gasteiger partial charge in [0, 0.05) is 30.5 Å². The van der Waals surface area contributed by atoms with E-state index < -0.39 is 0 Å². The summed E-state index contributed by atoms with van der Waals surface area (Å²) in [5.74, 6) is 1.00. The number of hydrogen-bond donors (Lipinski definition) is 1. The normalized spacial score (nSPS) is 12.3. The molecule has 1 heterocycles. The molecule has 19 heavy (non-hydrogen) atoms. The summed E-state index contributed by atoms with van der Waals surface area (Å²) < 4.78 is 0. The van der Waals surface area contributed by atoms with E-state index in [1.807, 2.05) is 18.5 Å². The standard InChI is InChI=1S/C15H19N3S/c1-3-19-15-17-10-13(11-18-15)9-16-12(2)14-7-5-4-6-8-14/h4-8,10-12,16H,3,9H2,1-2H3/t12-/m1/s1. The Morgan fingerprint density at radius 3 is 2.47 bits per heavy atom. The van der Waals surface area contributed by atoms with Crippen LogP contribution in [0.25, 0.3) is 0 Å². The summed E-state index contributed by atoms with van der Waals surface area (Å²) in [5.41, 5.74) is 2.41. The molecule has 0 radical (unpaired) electrons. The van der Waals surface area contributed by atoms with Crippen molar-refractivity contribution in [3.05, 3.63) is 53.9 Å². The molecule has 0 saturated heterocycles. The number of nitrogens with one attached hydrogen (secondary N) is 1. The molecule has 0 aliphatic heterocycles. The molecular weight excluding hydrogens is 254 g/mol. The molecule has 0 aliphatic rings. The lowest BCUT2D eigenvalue weighted by atomic mass is 10.1. The van der Waals surface area contributed by atoms with Crippen molar-refractivity contribution in [2.45, 2.75) is 31.6 Å². The Balaban J connectivity index is 1.88. The van der Waals surface area contributed by atoms with Crippen LogP contribution in [0.3, 0.4) is 0 Å². The first kappa shape index (κ1) is 14.0. The second-order valence-corrected chi connectivity index (χ2v) is 5.55. The Morgan fingerprint density at radius 1 is 1.16 bits per heavy atom. The predicted octanol–water partition coefficient (Wildman–Crippen LogP) is 3.44. The molecule has 4 heteroatoms. The van der Waals surface area contributed by atoms with Crippen LogP contribution >= 0.6 is 11.8 Å². The smallest absolute Gasteiger partial charge is 0.187 e. The molecule has 0 aliphatic carbocycles. The molecule has 1 aromatic carbocycles. The van der Waals surface area contributed by atoms with Gasteiger partial charge in [0.15, 0.2) is 5.16 Å². The van der Waals surface area contributed by atoms with Crippen molar-refractivity contribution in [2.75, 3.05) is 5.75 Å². The Kier molecular flexibility index (Phi) is 5.36. The Morgan fingerprint density at radius 2 is 1.84 bits per heavy atom. The van der Waals surface area contributed by atoms with Gasteiger partial charge in [-0.3, -0.25) is 0 Å². The highest BCUT2D eigenvalue weighted by atomic mass is 32.2. The van der Waals surface area contributed by atoms with E-state index in [-0.39, 0.29) is 0 Å². The van der Waals surface area contributed by atoms with E-state index in [4.69, 9.17) is 0 Å². The summed E-state index contributed by atoms with van der Waals surface area (Å²) in [6.07, 6.45) is 3.80. The molecule has 0 spiro atoms. The summed E-state index contributed by atoms with van der Waals surface area (Å²) in [6.45, 7) is 5.05. The first-order chi connectivity index (χ1) is 9.29. The Labute approximate surface area is 118 Å². The fourth-order valence-corrected chi connectivity index (χ4v) is 2.28. The molecule has 1 aromatic heterocycles. The number of benzene rings is 1. The van der Waals surface area contributed by atoms with Crippen molar-refractivity contribution >= 4 is 11.8 Å². The van der Waals surface area contributed by atoms with Gasteiger partial charge in [0.05, 0.1) is 0 Å². The zero-order chi connectivity index (χ0) is 13.5. The van der Waals surface area contributed by atoms with Crippen LogP contribution < -0.4 is 5.32 Å². The summed E-state index contributed by atoms with van der Waals surface area (Å²) in [5, 5.41) is 4.33. The fraction of sp³-hybridized carbons (Fsp3) is 0.333. The van der Waals surface area contributed by atoms with Crippen LogP contribution in [0.15, 0.2) is 47.9 Å². The minimum atomic E-state index is 0.325. The number of thioether (sulfide) groups is 1. The lowest BCUT2D eigenvalue weighted by molar-refractivity contribution is 0.571. The van der Waals surface area contributed by atoms with Gasteiger partial charge in [-0.15, -0.1) is 0 Å². The zero-order valence-corrected chi connectivity index (χ0v) is 12.2. The molecule has 2 rings (SSSR count). The third-order valence-corrected chi connectivity index (χ3v) is 3.62. The molecule has 100 valence electrons. The maximum absolute atomic E-state index is 4.33. The highest BCUT2D eigenvalue weighted by molar-refractivity contribution is 7.99. The van der Waals surface area contributed by atoms with Crippen molar-refractivity contribution in [1.29, 1.82) is 0 Å². The quantitative estimate of drug-likeness (QED) is 0.646. The van der Waals surface area contributed by atoms with Crippen LogP contribution in [0, 0.1) is 0 Å². The number of nitrogens with zero attached hydrogens (tertiary/aromatic N) is 2. The molecule has 0 bridgehead atoms. The van der Waals surface area contributed by atoms with Gasteiger partial charge >= 0.3 is 0 Å². The second kappa shape index (κ2) is 7.26. The molecule has 0 saturated carbocycles. The molecule has 1 N–H and O–H groups in total. The number of hydrogen-bond acceptors (Lipinski definition) is 4. The minimum absolute atomic E-state index is 0.325. The molecule has 0 amide bonds. The first-order valence-corrected chi connectivity index (χ1v) is 7.50. The molecule has 0 unspecified atom stereocenters. The van der Waals surface area contributed by atoms with Gasteiger partial charge in [0.1, 0.15) is 0 Å². The van der Waals surface area contributed by atoms with Gasteiger partial charge in [-0.25, -0.2) is 9.97 Å². The molecule has 1 atom stereocenters. The third-order valence-electron chi connectivity index (χ3n) is 2.87. The summed E-state index contributed by atoms with van der Waals surface area (Å²) in [4.78, 5) is 8.66. The van der Waals surface area contributed by atoms with E-state index in [0.29, 0.717) is 6.04 Å². The lowest BCUT2D eigenvalue weighted by Crippen LogP contribution is -2.18. The highest BCUT2D eigenvalue weighted by Crippen LogP contribution is 2.13. The van der Waals surface area contributed by atoms with Crippen molar-refractivity contribution in [1.82, 2.24) is 15.3 Å². The Bertz CT molecular complexity index is 485. The minimum Gasteiger partial charge on any atom is -0.306 e. The molecule has 2 aromatic rings. The van der Waals surface area contributed by atoms with E-state index >= 15 is 0 Å². The zero-order valence-electron chi connectivity index (χ0n) is 11.3. The summed E-state index contributed by atoms with van der Waals surface area (Å²) in [6, 6.07) is 10.8. The van der Waals surface area contributed by atoms with E-state index in [9.17, 15) is 0 Å². The van der Waals surface area contributed by atoms with Gasteiger partial charge in [0.25, 0.3) is 0 Å². The SMILES string of the molecule is CCSc1ncc(CN[C@H](C)c2ccccc2)cn1. The van der Waals surface area contributed by atoms with Gasteiger partial charge in [0.2, 0.25) is 0 Å². The van der Waals surface area contributed by atoms with Crippen LogP contribution in [-0.2, 0) is 6.54 Å². The van der Waals surface area contributed by atoms with E-state index in [0.717, 1.165) is 23.0 Å². The summed E-state index contributed by atoms with van der Waals surface area (Å²) in [7, 11) is 0. The topological polar surface area (TPSA) is 37.8 Å². The van der Waals surface area contributed by atoms with Gasteiger partial charge in [-0.05, 0) is 18.2 Å². The monoisotopic (exact) mass is 273 g/mol. The van der Waals surface area contributed by atoms with E-state index in [1.54, 1.807) is 11.8 Å². The van der Waals surface area contributed by atoms with Gasteiger partial charge in [-0.1, -0.05) is 49.0 Å². The highest BCUT2D eigenvalue weighted by Gasteiger charge is 2.04. The third kappa shape index (κ3) is 4.33. The fourth-order valence-electron chi connectivity index (χ4n) is 1.77. The largest absolute Gasteiger partial charge is 0.306 e. The molecule has 3 nitrogen and oxygen atoms in total. The number of aromatic nitrogens is 2. The van der Waals surface area contributed by atoms with Crippen molar-refractivity contribution in [3.63, 3.8) is 0 Å². The maximum atomic E-state index is 4.33. The average molecular weight is 273 g/mol. The van der Waals surface area contributed by atoms with Crippen molar-refractivity contribution in [2.24, 2.45) is 0 Å². The van der Waals surface area contributed by atoms with Crippen molar-refractivity contribution < 1.29 is 0 Å². The first-order valence-electron chi connectivity index (χ1n) is 6.51. The predicted molar refractivity (Wildman–Crippen MR) is 80.1 cm³/mol. The van der Waals surface area contributed by atoms with Crippen LogP contribution in [0.2, 0.25) is 0 Å². The number of rotatable bonds is 6. The lowest BCUT2D eigenvalue weighted by Gasteiger charge is -2.13. The van der Waals surface area contributed by atoms with Crippen LogP contribution in [0.5, 0.6) is 0 Å². The average Bonchev–Trinajstić information content (AvgIpc) is 2.47. The summed E-state index contributed by atoms with van der Waals surface area (Å²) >= 11 is 1.66.